The predicted octanol–water partition coefficient (Wildman–Crippen LogP) is 3.74. The highest BCUT2D eigenvalue weighted by Crippen LogP contribution is 2.65. The van der Waals surface area contributed by atoms with Gasteiger partial charge in [0.2, 0.25) is 11.8 Å². The Morgan fingerprint density at radius 2 is 1.58 bits per heavy atom. The molecule has 2 aromatic carbocycles. The van der Waals surface area contributed by atoms with Gasteiger partial charge in [-0.15, -0.1) is 0 Å². The monoisotopic (exact) mass is 412 g/mol. The summed E-state index contributed by atoms with van der Waals surface area (Å²) in [5, 5.41) is 3.00. The van der Waals surface area contributed by atoms with E-state index in [0.717, 1.165) is 12.0 Å². The summed E-state index contributed by atoms with van der Waals surface area (Å²) in [6, 6.07) is 16.5. The van der Waals surface area contributed by atoms with E-state index in [0.29, 0.717) is 23.1 Å². The highest BCUT2D eigenvalue weighted by molar-refractivity contribution is 6.23. The second-order valence-corrected chi connectivity index (χ2v) is 9.32. The Morgan fingerprint density at radius 1 is 0.935 bits per heavy atom. The van der Waals surface area contributed by atoms with Crippen molar-refractivity contribution in [3.05, 3.63) is 77.9 Å². The molecular formula is C26H24N2O3. The number of amides is 3. The molecule has 31 heavy (non-hydrogen) atoms. The molecule has 1 N–H and O–H groups in total. The summed E-state index contributed by atoms with van der Waals surface area (Å²) in [7, 11) is 0. The molecule has 1 aliphatic heterocycles. The van der Waals surface area contributed by atoms with Crippen molar-refractivity contribution >= 4 is 23.4 Å². The molecule has 0 aromatic heterocycles. The first-order chi connectivity index (χ1) is 15.0. The number of imide groups is 1. The molecule has 156 valence electrons. The number of hydrogen-bond acceptors (Lipinski definition) is 3. The second-order valence-electron chi connectivity index (χ2n) is 9.32. The van der Waals surface area contributed by atoms with E-state index in [1.54, 1.807) is 24.3 Å². The summed E-state index contributed by atoms with van der Waals surface area (Å²) in [5.41, 5.74) is 1.96. The van der Waals surface area contributed by atoms with Crippen molar-refractivity contribution < 1.29 is 14.4 Å². The van der Waals surface area contributed by atoms with Gasteiger partial charge in [-0.2, -0.15) is 0 Å². The summed E-state index contributed by atoms with van der Waals surface area (Å²) >= 11 is 0. The molecule has 0 unspecified atom stereocenters. The molecule has 7 rings (SSSR count). The molecule has 3 amide bonds. The highest BCUT2D eigenvalue weighted by Gasteiger charge is 2.67. The third-order valence-corrected chi connectivity index (χ3v) is 7.68. The van der Waals surface area contributed by atoms with Crippen molar-refractivity contribution in [2.75, 3.05) is 4.90 Å². The lowest BCUT2D eigenvalue weighted by Gasteiger charge is -2.37. The van der Waals surface area contributed by atoms with Crippen molar-refractivity contribution in [2.45, 2.75) is 19.4 Å². The van der Waals surface area contributed by atoms with Gasteiger partial charge in [-0.1, -0.05) is 48.6 Å². The van der Waals surface area contributed by atoms with Crippen LogP contribution in [0.25, 0.3) is 0 Å². The molecule has 5 nitrogen and oxygen atoms in total. The molecule has 4 aliphatic carbocycles. The molecule has 1 heterocycles. The third kappa shape index (κ3) is 2.72. The van der Waals surface area contributed by atoms with E-state index in [1.807, 2.05) is 37.3 Å². The van der Waals surface area contributed by atoms with Crippen molar-refractivity contribution in [3.8, 4) is 0 Å². The van der Waals surface area contributed by atoms with Crippen molar-refractivity contribution in [2.24, 2.45) is 35.5 Å². The van der Waals surface area contributed by atoms with Gasteiger partial charge in [0.1, 0.15) is 0 Å². The highest BCUT2D eigenvalue weighted by atomic mass is 16.2. The zero-order valence-corrected chi connectivity index (χ0v) is 17.3. The number of carbonyl (C=O) groups excluding carboxylic acids is 3. The Balaban J connectivity index is 1.25. The number of nitrogens with zero attached hydrogens (tertiary/aromatic N) is 1. The lowest BCUT2D eigenvalue weighted by Crippen LogP contribution is -2.40. The number of hydrogen-bond donors (Lipinski definition) is 1. The summed E-state index contributed by atoms with van der Waals surface area (Å²) in [5.74, 6) is 0.638. The van der Waals surface area contributed by atoms with Gasteiger partial charge in [-0.25, -0.2) is 4.90 Å². The maximum atomic E-state index is 13.3. The fraction of sp³-hybridized carbons (Fsp3) is 0.346. The number of allylic oxidation sites excluding steroid dienone is 2. The van der Waals surface area contributed by atoms with Crippen LogP contribution in [0, 0.1) is 35.5 Å². The van der Waals surface area contributed by atoms with Crippen LogP contribution in [0.15, 0.2) is 66.7 Å². The van der Waals surface area contributed by atoms with Gasteiger partial charge in [0.25, 0.3) is 5.91 Å². The lowest BCUT2D eigenvalue weighted by atomic mass is 9.63. The summed E-state index contributed by atoms with van der Waals surface area (Å²) < 4.78 is 0. The van der Waals surface area contributed by atoms with Crippen LogP contribution in [0.1, 0.15) is 35.3 Å². The quantitative estimate of drug-likeness (QED) is 0.615. The average molecular weight is 412 g/mol. The van der Waals surface area contributed by atoms with E-state index in [-0.39, 0.29) is 47.4 Å². The number of rotatable bonds is 4. The van der Waals surface area contributed by atoms with Gasteiger partial charge < -0.3 is 5.32 Å². The minimum absolute atomic E-state index is 0.102. The topological polar surface area (TPSA) is 66.5 Å². The Labute approximate surface area is 181 Å². The molecule has 2 aromatic rings. The van der Waals surface area contributed by atoms with Crippen LogP contribution in [0.3, 0.4) is 0 Å². The van der Waals surface area contributed by atoms with Gasteiger partial charge in [-0.05, 0) is 60.8 Å². The minimum atomic E-state index is -0.234. The normalized spacial score (nSPS) is 33.1. The third-order valence-electron chi connectivity index (χ3n) is 7.68. The van der Waals surface area contributed by atoms with Gasteiger partial charge in [0, 0.05) is 5.56 Å². The Hall–Kier alpha value is -3.21. The van der Waals surface area contributed by atoms with Crippen molar-refractivity contribution in [3.63, 3.8) is 0 Å². The standard InChI is InChI=1S/C26H24N2O3/c1-14(15-6-3-2-4-7-15)27-24(29)16-8-5-9-17(12-16)28-25(30)22-18-10-11-19(21-13-20(18)21)23(22)26(28)31/h2-12,14,18-23H,13H2,1H3,(H,27,29)/t14-,18+,19+,20+,21+,22-,23+/m0/s1. The molecule has 0 radical (unpaired) electrons. The van der Waals surface area contributed by atoms with Crippen LogP contribution < -0.4 is 10.2 Å². The van der Waals surface area contributed by atoms with E-state index < -0.39 is 0 Å². The Morgan fingerprint density at radius 3 is 2.23 bits per heavy atom. The minimum Gasteiger partial charge on any atom is -0.346 e. The zero-order chi connectivity index (χ0) is 21.3. The first-order valence-electron chi connectivity index (χ1n) is 11.1. The van der Waals surface area contributed by atoms with Crippen LogP contribution in [-0.2, 0) is 9.59 Å². The smallest absolute Gasteiger partial charge is 0.251 e. The van der Waals surface area contributed by atoms with Crippen LogP contribution in [0.4, 0.5) is 5.69 Å². The maximum absolute atomic E-state index is 13.3. The molecule has 7 atom stereocenters. The number of nitrogens with one attached hydrogen (secondary N) is 1. The van der Waals surface area contributed by atoms with Crippen molar-refractivity contribution in [1.82, 2.24) is 5.32 Å². The summed E-state index contributed by atoms with van der Waals surface area (Å²) in [6.45, 7) is 1.93. The predicted molar refractivity (Wildman–Crippen MR) is 116 cm³/mol. The van der Waals surface area contributed by atoms with Gasteiger partial charge >= 0.3 is 0 Å². The Bertz CT molecular complexity index is 1090. The average Bonchev–Trinajstić information content (AvgIpc) is 3.57. The first kappa shape index (κ1) is 18.6. The number of carbonyl (C=O) groups is 3. The zero-order valence-electron chi connectivity index (χ0n) is 17.3. The molecule has 2 bridgehead atoms. The molecule has 3 fully saturated rings. The van der Waals surface area contributed by atoms with E-state index in [2.05, 4.69) is 17.5 Å². The van der Waals surface area contributed by atoms with E-state index >= 15 is 0 Å². The van der Waals surface area contributed by atoms with E-state index in [1.165, 1.54) is 4.90 Å². The van der Waals surface area contributed by atoms with Crippen molar-refractivity contribution in [1.29, 1.82) is 0 Å². The number of benzene rings is 2. The fourth-order valence-electron chi connectivity index (χ4n) is 6.10. The maximum Gasteiger partial charge on any atom is 0.251 e. The van der Waals surface area contributed by atoms with Gasteiger partial charge in [0.15, 0.2) is 0 Å². The van der Waals surface area contributed by atoms with Gasteiger partial charge in [-0.3, -0.25) is 14.4 Å². The summed E-state index contributed by atoms with van der Waals surface area (Å²) in [6.07, 6.45) is 5.48. The molecule has 0 spiro atoms. The lowest BCUT2D eigenvalue weighted by molar-refractivity contribution is -0.124. The van der Waals surface area contributed by atoms with E-state index in [4.69, 9.17) is 0 Å². The molecule has 5 aliphatic rings. The molecule has 2 saturated carbocycles. The van der Waals surface area contributed by atoms with Crippen LogP contribution in [-0.4, -0.2) is 17.7 Å². The largest absolute Gasteiger partial charge is 0.346 e. The van der Waals surface area contributed by atoms with Crippen LogP contribution >= 0.6 is 0 Å². The molecule has 5 heteroatoms. The summed E-state index contributed by atoms with van der Waals surface area (Å²) in [4.78, 5) is 40.8. The SMILES string of the molecule is C[C@H](NC(=O)c1cccc(N2C(=O)[C@@H]3[C@@H]4C=C[C@H]([C@H]5C[C@H]45)[C@@H]3C2=O)c1)c1ccccc1. The van der Waals surface area contributed by atoms with E-state index in [9.17, 15) is 14.4 Å². The molecule has 1 saturated heterocycles. The van der Waals surface area contributed by atoms with Crippen LogP contribution in [0.2, 0.25) is 0 Å². The Kier molecular flexibility index (Phi) is 3.98. The number of anilines is 1. The molecular weight excluding hydrogens is 388 g/mol. The van der Waals surface area contributed by atoms with Gasteiger partial charge in [0.05, 0.1) is 23.6 Å². The second kappa shape index (κ2) is 6.64. The van der Waals surface area contributed by atoms with Crippen LogP contribution in [0.5, 0.6) is 0 Å². The fourth-order valence-corrected chi connectivity index (χ4v) is 6.10. The first-order valence-corrected chi connectivity index (χ1v) is 11.1.